The number of barbiturate groups is 1. The summed E-state index contributed by atoms with van der Waals surface area (Å²) < 4.78 is 6.05. The van der Waals surface area contributed by atoms with Gasteiger partial charge in [0, 0.05) is 10.0 Å². The third kappa shape index (κ3) is 3.78. The minimum absolute atomic E-state index is 0.148. The highest BCUT2D eigenvalue weighted by Gasteiger charge is 2.36. The molecule has 0 aliphatic carbocycles. The van der Waals surface area contributed by atoms with Gasteiger partial charge in [-0.2, -0.15) is 0 Å². The maximum absolute atomic E-state index is 12.9. The molecule has 0 atom stereocenters. The summed E-state index contributed by atoms with van der Waals surface area (Å²) in [6.45, 7) is 2.01. The Bertz CT molecular complexity index is 951. The van der Waals surface area contributed by atoms with Crippen molar-refractivity contribution in [1.82, 2.24) is 5.32 Å². The normalized spacial score (nSPS) is 15.9. The Balaban J connectivity index is 2.03. The molecule has 6 nitrogen and oxygen atoms in total. The molecule has 2 aromatic carbocycles. The van der Waals surface area contributed by atoms with Crippen molar-refractivity contribution in [1.29, 1.82) is 0 Å². The number of urea groups is 1. The van der Waals surface area contributed by atoms with E-state index in [1.165, 1.54) is 13.2 Å². The summed E-state index contributed by atoms with van der Waals surface area (Å²) in [5.74, 6) is -0.925. The lowest BCUT2D eigenvalue weighted by Crippen LogP contribution is -2.54. The fourth-order valence-electron chi connectivity index (χ4n) is 2.75. The number of nitrogens with one attached hydrogen (secondary N) is 1. The van der Waals surface area contributed by atoms with Gasteiger partial charge in [-0.15, -0.1) is 0 Å². The summed E-state index contributed by atoms with van der Waals surface area (Å²) >= 11 is 3.36. The molecule has 0 unspecified atom stereocenters. The van der Waals surface area contributed by atoms with Crippen molar-refractivity contribution in [3.05, 3.63) is 63.6 Å². The number of ether oxygens (including phenoxy) is 1. The zero-order valence-electron chi connectivity index (χ0n) is 14.8. The van der Waals surface area contributed by atoms with Crippen LogP contribution < -0.4 is 15.0 Å². The summed E-state index contributed by atoms with van der Waals surface area (Å²) in [5, 5.41) is 2.22. The maximum Gasteiger partial charge on any atom is 0.335 e. The predicted octanol–water partition coefficient (Wildman–Crippen LogP) is 3.69. The Labute approximate surface area is 164 Å². The third-order valence-electron chi connectivity index (χ3n) is 4.20. The lowest BCUT2D eigenvalue weighted by Gasteiger charge is -2.26. The van der Waals surface area contributed by atoms with Gasteiger partial charge in [0.15, 0.2) is 0 Å². The van der Waals surface area contributed by atoms with Crippen molar-refractivity contribution in [2.24, 2.45) is 0 Å². The van der Waals surface area contributed by atoms with Crippen LogP contribution in [0, 0.1) is 0 Å². The van der Waals surface area contributed by atoms with Gasteiger partial charge in [-0.05, 0) is 48.4 Å². The zero-order chi connectivity index (χ0) is 19.6. The van der Waals surface area contributed by atoms with Crippen molar-refractivity contribution in [3.8, 4) is 5.75 Å². The minimum Gasteiger partial charge on any atom is -0.496 e. The van der Waals surface area contributed by atoms with Crippen molar-refractivity contribution < 1.29 is 19.1 Å². The molecule has 0 aromatic heterocycles. The Morgan fingerprint density at radius 1 is 1.11 bits per heavy atom. The lowest BCUT2D eigenvalue weighted by molar-refractivity contribution is -0.122. The Kier molecular flexibility index (Phi) is 5.41. The van der Waals surface area contributed by atoms with E-state index in [0.717, 1.165) is 21.4 Å². The third-order valence-corrected chi connectivity index (χ3v) is 4.69. The van der Waals surface area contributed by atoms with Gasteiger partial charge in [0.05, 0.1) is 12.8 Å². The number of nitrogens with zero attached hydrogens (tertiary/aromatic N) is 1. The van der Waals surface area contributed by atoms with Crippen LogP contribution in [-0.2, 0) is 16.0 Å². The van der Waals surface area contributed by atoms with E-state index in [2.05, 4.69) is 21.2 Å². The summed E-state index contributed by atoms with van der Waals surface area (Å²) in [5.41, 5.74) is 1.87. The molecule has 0 spiro atoms. The number of carbonyl (C=O) groups is 3. The SMILES string of the molecule is CCc1ccc(N2C(=O)NC(=O)/C(=C\c3cc(Br)ccc3OC)C2=O)cc1. The standard InChI is InChI=1S/C20H17BrN2O4/c1-3-12-4-7-15(8-5-12)23-19(25)16(18(24)22-20(23)26)11-13-10-14(21)6-9-17(13)27-2/h4-11H,3H2,1-2H3,(H,22,24,26)/b16-11+. The number of anilines is 1. The highest BCUT2D eigenvalue weighted by Crippen LogP contribution is 2.28. The van der Waals surface area contributed by atoms with Crippen LogP contribution in [-0.4, -0.2) is 25.0 Å². The number of hydrogen-bond donors (Lipinski definition) is 1. The molecule has 1 heterocycles. The second-order valence-corrected chi connectivity index (χ2v) is 6.78. The molecule has 1 fully saturated rings. The van der Waals surface area contributed by atoms with Gasteiger partial charge in [-0.25, -0.2) is 9.69 Å². The molecule has 1 aliphatic rings. The quantitative estimate of drug-likeness (QED) is 0.594. The number of amides is 4. The average Bonchev–Trinajstić information content (AvgIpc) is 2.65. The molecule has 1 N–H and O–H groups in total. The maximum atomic E-state index is 12.9. The van der Waals surface area contributed by atoms with Crippen molar-refractivity contribution in [2.45, 2.75) is 13.3 Å². The van der Waals surface area contributed by atoms with Crippen LogP contribution in [0.25, 0.3) is 6.08 Å². The number of methoxy groups -OCH3 is 1. The first-order chi connectivity index (χ1) is 12.9. The van der Waals surface area contributed by atoms with Gasteiger partial charge in [0.1, 0.15) is 11.3 Å². The monoisotopic (exact) mass is 428 g/mol. The Morgan fingerprint density at radius 2 is 1.81 bits per heavy atom. The number of halogens is 1. The number of hydrogen-bond acceptors (Lipinski definition) is 4. The molecule has 138 valence electrons. The van der Waals surface area contributed by atoms with Crippen LogP contribution in [0.5, 0.6) is 5.75 Å². The summed E-state index contributed by atoms with van der Waals surface area (Å²) in [7, 11) is 1.50. The van der Waals surface area contributed by atoms with E-state index in [-0.39, 0.29) is 5.57 Å². The van der Waals surface area contributed by atoms with Gasteiger partial charge in [-0.3, -0.25) is 14.9 Å². The first-order valence-electron chi connectivity index (χ1n) is 8.28. The number of benzene rings is 2. The lowest BCUT2D eigenvalue weighted by atomic mass is 10.1. The molecule has 0 radical (unpaired) electrons. The van der Waals surface area contributed by atoms with Crippen LogP contribution in [0.2, 0.25) is 0 Å². The molecule has 3 rings (SSSR count). The van der Waals surface area contributed by atoms with E-state index < -0.39 is 17.8 Å². The van der Waals surface area contributed by atoms with Crippen LogP contribution in [0.15, 0.2) is 52.5 Å². The van der Waals surface area contributed by atoms with E-state index in [9.17, 15) is 14.4 Å². The fraction of sp³-hybridized carbons (Fsp3) is 0.150. The molecule has 0 saturated carbocycles. The highest BCUT2D eigenvalue weighted by molar-refractivity contribution is 9.10. The topological polar surface area (TPSA) is 75.7 Å². The van der Waals surface area contributed by atoms with E-state index in [0.29, 0.717) is 17.0 Å². The van der Waals surface area contributed by atoms with E-state index >= 15 is 0 Å². The highest BCUT2D eigenvalue weighted by atomic mass is 79.9. The van der Waals surface area contributed by atoms with Crippen molar-refractivity contribution >= 4 is 45.5 Å². The molecule has 27 heavy (non-hydrogen) atoms. The molecular weight excluding hydrogens is 412 g/mol. The van der Waals surface area contributed by atoms with Crippen molar-refractivity contribution in [2.75, 3.05) is 12.0 Å². The molecule has 1 saturated heterocycles. The van der Waals surface area contributed by atoms with Gasteiger partial charge in [0.2, 0.25) is 0 Å². The average molecular weight is 429 g/mol. The zero-order valence-corrected chi connectivity index (χ0v) is 16.4. The van der Waals surface area contributed by atoms with Crippen LogP contribution in [0.1, 0.15) is 18.1 Å². The summed E-state index contributed by atoms with van der Waals surface area (Å²) in [6, 6.07) is 11.5. The van der Waals surface area contributed by atoms with E-state index in [1.807, 2.05) is 19.1 Å². The van der Waals surface area contributed by atoms with Gasteiger partial charge >= 0.3 is 6.03 Å². The number of aryl methyl sites for hydroxylation is 1. The smallest absolute Gasteiger partial charge is 0.335 e. The largest absolute Gasteiger partial charge is 0.496 e. The first kappa shape index (κ1) is 18.8. The number of carbonyl (C=O) groups excluding carboxylic acids is 3. The molecule has 7 heteroatoms. The van der Waals surface area contributed by atoms with E-state index in [4.69, 9.17) is 4.74 Å². The summed E-state index contributed by atoms with van der Waals surface area (Å²) in [4.78, 5) is 38.4. The molecule has 0 bridgehead atoms. The Hall–Kier alpha value is -2.93. The van der Waals surface area contributed by atoms with Crippen LogP contribution in [0.4, 0.5) is 10.5 Å². The van der Waals surface area contributed by atoms with Crippen molar-refractivity contribution in [3.63, 3.8) is 0 Å². The van der Waals surface area contributed by atoms with Crippen LogP contribution >= 0.6 is 15.9 Å². The number of rotatable bonds is 4. The molecular formula is C20H17BrN2O4. The molecule has 1 aliphatic heterocycles. The predicted molar refractivity (Wildman–Crippen MR) is 106 cm³/mol. The number of imide groups is 2. The van der Waals surface area contributed by atoms with E-state index in [1.54, 1.807) is 30.3 Å². The molecule has 2 aromatic rings. The fourth-order valence-corrected chi connectivity index (χ4v) is 3.12. The van der Waals surface area contributed by atoms with Gasteiger partial charge in [-0.1, -0.05) is 35.0 Å². The second-order valence-electron chi connectivity index (χ2n) is 5.86. The van der Waals surface area contributed by atoms with Gasteiger partial charge < -0.3 is 4.74 Å². The molecule has 4 amide bonds. The Morgan fingerprint density at radius 3 is 2.44 bits per heavy atom. The minimum atomic E-state index is -0.771. The second kappa shape index (κ2) is 7.75. The van der Waals surface area contributed by atoms with Crippen LogP contribution in [0.3, 0.4) is 0 Å². The van der Waals surface area contributed by atoms with Gasteiger partial charge in [0.25, 0.3) is 11.8 Å². The first-order valence-corrected chi connectivity index (χ1v) is 9.07. The summed E-state index contributed by atoms with van der Waals surface area (Å²) in [6.07, 6.45) is 2.26.